The normalized spacial score (nSPS) is 10.9. The van der Waals surface area contributed by atoms with Gasteiger partial charge in [0.2, 0.25) is 0 Å². The van der Waals surface area contributed by atoms with Crippen LogP contribution in [-0.2, 0) is 0 Å². The molecule has 0 aliphatic rings. The number of anilines is 1. The monoisotopic (exact) mass is 375 g/mol. The highest BCUT2D eigenvalue weighted by Gasteiger charge is 2.16. The molecule has 0 aliphatic carbocycles. The largest absolute Gasteiger partial charge is 0.493 e. The number of aromatic nitrogens is 2. The molecule has 0 bridgehead atoms. The third-order valence-electron chi connectivity index (χ3n) is 4.65. The number of hydrogen-bond acceptors (Lipinski definition) is 6. The molecule has 3 N–H and O–H groups in total. The Bertz CT molecular complexity index is 1240. The van der Waals surface area contributed by atoms with Crippen LogP contribution in [0.4, 0.5) is 5.82 Å². The molecule has 28 heavy (non-hydrogen) atoms. The van der Waals surface area contributed by atoms with E-state index in [1.54, 1.807) is 44.7 Å². The number of hydrogen-bond donors (Lipinski definition) is 2. The summed E-state index contributed by atoms with van der Waals surface area (Å²) in [6, 6.07) is 12.1. The van der Waals surface area contributed by atoms with Gasteiger partial charge in [0.1, 0.15) is 5.82 Å². The first-order chi connectivity index (χ1) is 13.5. The molecule has 0 saturated carbocycles. The quantitative estimate of drug-likeness (QED) is 0.523. The molecule has 0 radical (unpaired) electrons. The number of methoxy groups -OCH3 is 2. The number of nitrogens with zero attached hydrogens (tertiary/aromatic N) is 2. The van der Waals surface area contributed by atoms with Gasteiger partial charge in [-0.3, -0.25) is 4.98 Å². The van der Waals surface area contributed by atoms with E-state index in [2.05, 4.69) is 9.97 Å². The molecule has 2 aromatic carbocycles. The van der Waals surface area contributed by atoms with E-state index in [9.17, 15) is 9.90 Å². The van der Waals surface area contributed by atoms with Crippen molar-refractivity contribution in [3.63, 3.8) is 0 Å². The van der Waals surface area contributed by atoms with Gasteiger partial charge in [-0.1, -0.05) is 18.2 Å². The first kappa shape index (κ1) is 17.5. The maximum atomic E-state index is 11.6. The molecule has 0 unspecified atom stereocenters. The van der Waals surface area contributed by atoms with Gasteiger partial charge in [0.05, 0.1) is 31.0 Å². The molecule has 0 spiro atoms. The first-order valence-electron chi connectivity index (χ1n) is 8.47. The van der Waals surface area contributed by atoms with E-state index >= 15 is 0 Å². The maximum Gasteiger partial charge on any atom is 0.336 e. The van der Waals surface area contributed by atoms with Crippen molar-refractivity contribution in [1.29, 1.82) is 0 Å². The molecule has 4 rings (SSSR count). The number of fused-ring (bicyclic) bond motifs is 3. The van der Waals surface area contributed by atoms with Crippen molar-refractivity contribution in [2.75, 3.05) is 20.0 Å². The summed E-state index contributed by atoms with van der Waals surface area (Å²) in [6.07, 6.45) is 1.65. The van der Waals surface area contributed by atoms with E-state index in [-0.39, 0.29) is 11.4 Å². The number of ether oxygens (including phenoxy) is 2. The van der Waals surface area contributed by atoms with Crippen LogP contribution in [-0.4, -0.2) is 35.3 Å². The molecule has 0 amide bonds. The van der Waals surface area contributed by atoms with Crippen LogP contribution >= 0.6 is 0 Å². The highest BCUT2D eigenvalue weighted by atomic mass is 16.5. The second kappa shape index (κ2) is 6.70. The standard InChI is InChI=1S/C21H17N3O4/c1-27-18-8-14-13-7-17(11-5-3-4-6-12(11)21(25)26)24-20(22)15(13)10-23-16(14)9-19(18)28-2/h3-10H,1-2H3,(H2,22,24)(H,25,26). The smallest absolute Gasteiger partial charge is 0.336 e. The number of rotatable bonds is 4. The summed E-state index contributed by atoms with van der Waals surface area (Å²) in [7, 11) is 3.13. The number of nitrogen functional groups attached to an aromatic ring is 1. The van der Waals surface area contributed by atoms with Crippen LogP contribution in [0, 0.1) is 0 Å². The van der Waals surface area contributed by atoms with E-state index in [1.807, 2.05) is 12.1 Å². The zero-order chi connectivity index (χ0) is 19.8. The average molecular weight is 375 g/mol. The van der Waals surface area contributed by atoms with Crippen LogP contribution in [0.15, 0.2) is 48.7 Å². The molecule has 2 aromatic heterocycles. The average Bonchev–Trinajstić information content (AvgIpc) is 2.72. The molecule has 0 fully saturated rings. The van der Waals surface area contributed by atoms with Gasteiger partial charge < -0.3 is 20.3 Å². The highest BCUT2D eigenvalue weighted by molar-refractivity contribution is 6.11. The lowest BCUT2D eigenvalue weighted by molar-refractivity contribution is 0.0697. The Kier molecular flexibility index (Phi) is 4.19. The number of carboxylic acids is 1. The van der Waals surface area contributed by atoms with Crippen LogP contribution in [0.1, 0.15) is 10.4 Å². The Morgan fingerprint density at radius 1 is 1.00 bits per heavy atom. The fourth-order valence-corrected chi connectivity index (χ4v) is 3.29. The topological polar surface area (TPSA) is 108 Å². The number of carboxylic acid groups (broad SMARTS) is 1. The van der Waals surface area contributed by atoms with Gasteiger partial charge in [-0.2, -0.15) is 0 Å². The highest BCUT2D eigenvalue weighted by Crippen LogP contribution is 2.37. The van der Waals surface area contributed by atoms with Gasteiger partial charge in [0.25, 0.3) is 0 Å². The van der Waals surface area contributed by atoms with Crippen LogP contribution < -0.4 is 15.2 Å². The molecular formula is C21H17N3O4. The summed E-state index contributed by atoms with van der Waals surface area (Å²) in [4.78, 5) is 20.5. The predicted molar refractivity (Wildman–Crippen MR) is 107 cm³/mol. The van der Waals surface area contributed by atoms with E-state index < -0.39 is 5.97 Å². The van der Waals surface area contributed by atoms with E-state index in [0.29, 0.717) is 33.7 Å². The molecule has 7 nitrogen and oxygen atoms in total. The maximum absolute atomic E-state index is 11.6. The minimum Gasteiger partial charge on any atom is -0.493 e. The summed E-state index contributed by atoms with van der Waals surface area (Å²) < 4.78 is 10.8. The lowest BCUT2D eigenvalue weighted by Gasteiger charge is -2.13. The zero-order valence-corrected chi connectivity index (χ0v) is 15.3. The molecular weight excluding hydrogens is 358 g/mol. The molecule has 0 atom stereocenters. The lowest BCUT2D eigenvalue weighted by Crippen LogP contribution is -2.02. The van der Waals surface area contributed by atoms with Crippen LogP contribution in [0.25, 0.3) is 32.9 Å². The zero-order valence-electron chi connectivity index (χ0n) is 15.3. The summed E-state index contributed by atoms with van der Waals surface area (Å²) >= 11 is 0. The van der Waals surface area contributed by atoms with Gasteiger partial charge >= 0.3 is 5.97 Å². The van der Waals surface area contributed by atoms with Gasteiger partial charge in [0.15, 0.2) is 11.5 Å². The SMILES string of the molecule is COc1cc2ncc3c(N)nc(-c4ccccc4C(=O)O)cc3c2cc1OC. The second-order valence-electron chi connectivity index (χ2n) is 6.19. The van der Waals surface area contributed by atoms with E-state index in [4.69, 9.17) is 15.2 Å². The van der Waals surface area contributed by atoms with Gasteiger partial charge in [0, 0.05) is 28.6 Å². The summed E-state index contributed by atoms with van der Waals surface area (Å²) in [6.45, 7) is 0. The van der Waals surface area contributed by atoms with Crippen LogP contribution in [0.5, 0.6) is 11.5 Å². The Morgan fingerprint density at radius 2 is 1.71 bits per heavy atom. The lowest BCUT2D eigenvalue weighted by atomic mass is 10.0. The van der Waals surface area contributed by atoms with E-state index in [1.165, 1.54) is 6.07 Å². The Labute approximate surface area is 160 Å². The first-order valence-corrected chi connectivity index (χ1v) is 8.47. The third-order valence-corrected chi connectivity index (χ3v) is 4.65. The Hall–Kier alpha value is -3.87. The van der Waals surface area contributed by atoms with Gasteiger partial charge in [-0.05, 0) is 23.6 Å². The predicted octanol–water partition coefficient (Wildman–Crippen LogP) is 3.75. The molecule has 0 aliphatic heterocycles. The number of carbonyl (C=O) groups is 1. The van der Waals surface area contributed by atoms with Gasteiger partial charge in [-0.25, -0.2) is 9.78 Å². The fraction of sp³-hybridized carbons (Fsp3) is 0.0952. The van der Waals surface area contributed by atoms with Crippen molar-refractivity contribution in [1.82, 2.24) is 9.97 Å². The van der Waals surface area contributed by atoms with Crippen molar-refractivity contribution >= 4 is 33.5 Å². The van der Waals surface area contributed by atoms with E-state index in [0.717, 1.165) is 10.8 Å². The number of benzene rings is 2. The summed E-state index contributed by atoms with van der Waals surface area (Å²) in [5.41, 5.74) is 8.02. The molecule has 140 valence electrons. The van der Waals surface area contributed by atoms with Crippen molar-refractivity contribution in [2.45, 2.75) is 0 Å². The second-order valence-corrected chi connectivity index (χ2v) is 6.19. The van der Waals surface area contributed by atoms with Crippen LogP contribution in [0.2, 0.25) is 0 Å². The summed E-state index contributed by atoms with van der Waals surface area (Å²) in [5, 5.41) is 11.8. The molecule has 0 saturated heterocycles. The number of nitrogens with two attached hydrogens (primary N) is 1. The molecule has 4 aromatic rings. The number of aromatic carboxylic acids is 1. The minimum atomic E-state index is -1.03. The Morgan fingerprint density at radius 3 is 2.43 bits per heavy atom. The number of pyridine rings is 2. The minimum absolute atomic E-state index is 0.159. The van der Waals surface area contributed by atoms with Crippen molar-refractivity contribution in [2.24, 2.45) is 0 Å². The van der Waals surface area contributed by atoms with Crippen molar-refractivity contribution in [3.05, 3.63) is 54.2 Å². The van der Waals surface area contributed by atoms with Crippen molar-refractivity contribution < 1.29 is 19.4 Å². The molecule has 7 heteroatoms. The van der Waals surface area contributed by atoms with Gasteiger partial charge in [-0.15, -0.1) is 0 Å². The summed E-state index contributed by atoms with van der Waals surface area (Å²) in [5.74, 6) is 0.381. The fourth-order valence-electron chi connectivity index (χ4n) is 3.29. The van der Waals surface area contributed by atoms with Crippen molar-refractivity contribution in [3.8, 4) is 22.8 Å². The van der Waals surface area contributed by atoms with Crippen LogP contribution in [0.3, 0.4) is 0 Å². The third kappa shape index (κ3) is 2.73. The molecule has 2 heterocycles. The Balaban J connectivity index is 2.07.